The fourth-order valence-electron chi connectivity index (χ4n) is 3.77. The number of pyridine rings is 1. The van der Waals surface area contributed by atoms with Crippen molar-refractivity contribution in [2.24, 2.45) is 4.99 Å². The van der Waals surface area contributed by atoms with Crippen LogP contribution < -0.4 is 10.2 Å². The van der Waals surface area contributed by atoms with Gasteiger partial charge in [-0.05, 0) is 45.0 Å². The topological polar surface area (TPSA) is 47.0 Å². The Hall–Kier alpha value is -1.09. The van der Waals surface area contributed by atoms with Gasteiger partial charge in [-0.3, -0.25) is 4.99 Å². The van der Waals surface area contributed by atoms with Crippen LogP contribution in [0.5, 0.6) is 0 Å². The highest BCUT2D eigenvalue weighted by Gasteiger charge is 2.20. The van der Waals surface area contributed by atoms with Crippen LogP contribution in [0.25, 0.3) is 0 Å². The molecule has 1 N–H and O–H groups in total. The Morgan fingerprint density at radius 3 is 2.41 bits per heavy atom. The molecule has 2 fully saturated rings. The van der Waals surface area contributed by atoms with E-state index in [4.69, 9.17) is 4.99 Å². The van der Waals surface area contributed by atoms with Crippen molar-refractivity contribution in [3.05, 3.63) is 24.4 Å². The smallest absolute Gasteiger partial charge is 0.194 e. The first-order chi connectivity index (χ1) is 12.9. The van der Waals surface area contributed by atoms with Gasteiger partial charge in [0.25, 0.3) is 0 Å². The Morgan fingerprint density at radius 2 is 1.78 bits per heavy atom. The van der Waals surface area contributed by atoms with Gasteiger partial charge in [0.2, 0.25) is 0 Å². The molecule has 1 aromatic rings. The molecule has 0 spiro atoms. The zero-order valence-electron chi connectivity index (χ0n) is 16.6. The summed E-state index contributed by atoms with van der Waals surface area (Å²) in [4.78, 5) is 16.7. The molecular formula is C20H35IN6. The van der Waals surface area contributed by atoms with E-state index in [-0.39, 0.29) is 24.0 Å². The molecule has 0 bridgehead atoms. The number of nitrogens with one attached hydrogen (secondary N) is 1. The molecule has 7 heteroatoms. The summed E-state index contributed by atoms with van der Waals surface area (Å²) in [6, 6.07) is 6.12. The summed E-state index contributed by atoms with van der Waals surface area (Å²) in [7, 11) is 0. The van der Waals surface area contributed by atoms with E-state index in [1.807, 2.05) is 12.3 Å². The third-order valence-corrected chi connectivity index (χ3v) is 5.26. The minimum atomic E-state index is 0. The quantitative estimate of drug-likeness (QED) is 0.394. The van der Waals surface area contributed by atoms with Crippen LogP contribution in [0, 0.1) is 0 Å². The number of aromatic nitrogens is 1. The highest BCUT2D eigenvalue weighted by Crippen LogP contribution is 2.13. The Bertz CT molecular complexity index is 537. The van der Waals surface area contributed by atoms with Crippen molar-refractivity contribution in [3.63, 3.8) is 0 Å². The van der Waals surface area contributed by atoms with E-state index in [2.05, 4.69) is 44.1 Å². The Kier molecular flexibility index (Phi) is 10.2. The van der Waals surface area contributed by atoms with Gasteiger partial charge in [-0.2, -0.15) is 0 Å². The molecule has 3 heterocycles. The van der Waals surface area contributed by atoms with Gasteiger partial charge in [0, 0.05) is 45.5 Å². The molecule has 6 nitrogen and oxygen atoms in total. The zero-order chi connectivity index (χ0) is 18.0. The molecule has 0 saturated carbocycles. The van der Waals surface area contributed by atoms with Crippen LogP contribution in [0.4, 0.5) is 5.82 Å². The summed E-state index contributed by atoms with van der Waals surface area (Å²) >= 11 is 0. The van der Waals surface area contributed by atoms with Gasteiger partial charge in [0.1, 0.15) is 5.82 Å². The molecule has 2 aliphatic rings. The highest BCUT2D eigenvalue weighted by molar-refractivity contribution is 14.0. The van der Waals surface area contributed by atoms with Crippen LogP contribution in [0.3, 0.4) is 0 Å². The average Bonchev–Trinajstić information content (AvgIpc) is 2.97. The third-order valence-electron chi connectivity index (χ3n) is 5.26. The van der Waals surface area contributed by atoms with Gasteiger partial charge < -0.3 is 20.0 Å². The van der Waals surface area contributed by atoms with Crippen molar-refractivity contribution in [1.29, 1.82) is 0 Å². The Labute approximate surface area is 181 Å². The van der Waals surface area contributed by atoms with Gasteiger partial charge in [-0.25, -0.2) is 4.98 Å². The molecule has 0 aliphatic carbocycles. The van der Waals surface area contributed by atoms with Crippen LogP contribution in [-0.2, 0) is 0 Å². The van der Waals surface area contributed by atoms with Crippen LogP contribution in [0.1, 0.15) is 32.6 Å². The lowest BCUT2D eigenvalue weighted by Gasteiger charge is -2.37. The summed E-state index contributed by atoms with van der Waals surface area (Å²) < 4.78 is 0. The molecule has 1 aromatic heterocycles. The summed E-state index contributed by atoms with van der Waals surface area (Å²) in [5.41, 5.74) is 0. The highest BCUT2D eigenvalue weighted by atomic mass is 127. The molecule has 0 radical (unpaired) electrons. The number of nitrogens with zero attached hydrogens (tertiary/aromatic N) is 5. The van der Waals surface area contributed by atoms with Crippen LogP contribution in [0.15, 0.2) is 29.4 Å². The maximum absolute atomic E-state index is 4.92. The van der Waals surface area contributed by atoms with Crippen LogP contribution in [0.2, 0.25) is 0 Å². The van der Waals surface area contributed by atoms with E-state index in [1.165, 1.54) is 38.8 Å². The molecule has 27 heavy (non-hydrogen) atoms. The number of guanidine groups is 1. The van der Waals surface area contributed by atoms with Crippen molar-refractivity contribution in [2.45, 2.75) is 32.6 Å². The minimum Gasteiger partial charge on any atom is -0.357 e. The minimum absolute atomic E-state index is 0. The van der Waals surface area contributed by atoms with E-state index in [0.717, 1.165) is 57.6 Å². The molecule has 152 valence electrons. The summed E-state index contributed by atoms with van der Waals surface area (Å²) in [6.45, 7) is 11.5. The predicted molar refractivity (Wildman–Crippen MR) is 124 cm³/mol. The molecule has 2 saturated heterocycles. The molecular weight excluding hydrogens is 451 g/mol. The van der Waals surface area contributed by atoms with E-state index < -0.39 is 0 Å². The standard InChI is InChI=1S/C20H34N6.HI/c1-2-21-20(23-11-14-24-12-7-3-4-8-13-24)26-17-15-25(16-18-26)19-9-5-6-10-22-19;/h5-6,9-10H,2-4,7-8,11-18H2,1H3,(H,21,23);1H. The van der Waals surface area contributed by atoms with Crippen LogP contribution in [-0.4, -0.2) is 79.6 Å². The van der Waals surface area contributed by atoms with Gasteiger partial charge in [-0.1, -0.05) is 18.9 Å². The van der Waals surface area contributed by atoms with Gasteiger partial charge >= 0.3 is 0 Å². The second-order valence-electron chi connectivity index (χ2n) is 7.15. The zero-order valence-corrected chi connectivity index (χ0v) is 19.0. The molecule has 0 atom stereocenters. The number of piperazine rings is 1. The average molecular weight is 486 g/mol. The predicted octanol–water partition coefficient (Wildman–Crippen LogP) is 2.66. The summed E-state index contributed by atoms with van der Waals surface area (Å²) in [6.07, 6.45) is 7.35. The van der Waals surface area contributed by atoms with Crippen molar-refractivity contribution >= 4 is 35.8 Å². The number of likely N-dealkylation sites (tertiary alicyclic amines) is 1. The maximum Gasteiger partial charge on any atom is 0.194 e. The molecule has 3 rings (SSSR count). The monoisotopic (exact) mass is 486 g/mol. The Balaban J connectivity index is 0.00000261. The van der Waals surface area contributed by atoms with Gasteiger partial charge in [0.15, 0.2) is 5.96 Å². The lowest BCUT2D eigenvalue weighted by atomic mass is 10.2. The third kappa shape index (κ3) is 7.10. The molecule has 0 unspecified atom stereocenters. The fraction of sp³-hybridized carbons (Fsp3) is 0.700. The number of hydrogen-bond donors (Lipinski definition) is 1. The maximum atomic E-state index is 4.92. The first kappa shape index (κ1) is 22.2. The van der Waals surface area contributed by atoms with E-state index >= 15 is 0 Å². The normalized spacial score (nSPS) is 19.4. The number of halogens is 1. The first-order valence-electron chi connectivity index (χ1n) is 10.3. The lowest BCUT2D eigenvalue weighted by Crippen LogP contribution is -2.52. The summed E-state index contributed by atoms with van der Waals surface area (Å²) in [5, 5.41) is 3.48. The van der Waals surface area contributed by atoms with Crippen molar-refractivity contribution in [2.75, 3.05) is 63.8 Å². The van der Waals surface area contributed by atoms with E-state index in [1.54, 1.807) is 0 Å². The SMILES string of the molecule is CCNC(=NCCN1CCCCCC1)N1CCN(c2ccccn2)CC1.I. The number of aliphatic imine (C=N–C) groups is 1. The molecule has 0 aromatic carbocycles. The lowest BCUT2D eigenvalue weighted by molar-refractivity contribution is 0.292. The van der Waals surface area contributed by atoms with Crippen molar-refractivity contribution < 1.29 is 0 Å². The Morgan fingerprint density at radius 1 is 1.04 bits per heavy atom. The number of rotatable bonds is 5. The van der Waals surface area contributed by atoms with Gasteiger partial charge in [0.05, 0.1) is 6.54 Å². The van der Waals surface area contributed by atoms with E-state index in [9.17, 15) is 0 Å². The second kappa shape index (κ2) is 12.4. The van der Waals surface area contributed by atoms with E-state index in [0.29, 0.717) is 0 Å². The molecule has 2 aliphatic heterocycles. The van der Waals surface area contributed by atoms with Crippen molar-refractivity contribution in [1.82, 2.24) is 20.1 Å². The second-order valence-corrected chi connectivity index (χ2v) is 7.15. The van der Waals surface area contributed by atoms with Crippen LogP contribution >= 0.6 is 24.0 Å². The molecule has 0 amide bonds. The van der Waals surface area contributed by atoms with Gasteiger partial charge in [-0.15, -0.1) is 24.0 Å². The fourth-order valence-corrected chi connectivity index (χ4v) is 3.77. The van der Waals surface area contributed by atoms with Crippen molar-refractivity contribution in [3.8, 4) is 0 Å². The number of hydrogen-bond acceptors (Lipinski definition) is 4. The number of anilines is 1. The first-order valence-corrected chi connectivity index (χ1v) is 10.3. The largest absolute Gasteiger partial charge is 0.357 e. The summed E-state index contributed by atoms with van der Waals surface area (Å²) in [5.74, 6) is 2.15.